The SMILES string of the molecule is C=C(C)c1cncc(-c2nncn2C)c1. The zero-order valence-corrected chi connectivity index (χ0v) is 8.81. The third kappa shape index (κ3) is 1.79. The third-order valence-corrected chi connectivity index (χ3v) is 2.20. The second-order valence-electron chi connectivity index (χ2n) is 3.51. The van der Waals surface area contributed by atoms with E-state index in [2.05, 4.69) is 21.8 Å². The van der Waals surface area contributed by atoms with E-state index >= 15 is 0 Å². The van der Waals surface area contributed by atoms with Crippen molar-refractivity contribution in [3.8, 4) is 11.4 Å². The predicted molar refractivity (Wildman–Crippen MR) is 58.9 cm³/mol. The van der Waals surface area contributed by atoms with Gasteiger partial charge in [-0.1, -0.05) is 6.58 Å². The minimum atomic E-state index is 0.811. The van der Waals surface area contributed by atoms with Gasteiger partial charge in [0.25, 0.3) is 0 Å². The van der Waals surface area contributed by atoms with E-state index in [0.29, 0.717) is 0 Å². The molecular formula is C11H12N4. The molecule has 0 N–H and O–H groups in total. The summed E-state index contributed by atoms with van der Waals surface area (Å²) in [6, 6.07) is 2.01. The van der Waals surface area contributed by atoms with Gasteiger partial charge in [-0.05, 0) is 24.1 Å². The van der Waals surface area contributed by atoms with Crippen molar-refractivity contribution in [2.75, 3.05) is 0 Å². The Hall–Kier alpha value is -1.97. The molecule has 0 radical (unpaired) electrons. The molecule has 0 atom stereocenters. The van der Waals surface area contributed by atoms with Crippen LogP contribution in [-0.2, 0) is 7.05 Å². The molecule has 76 valence electrons. The molecule has 0 unspecified atom stereocenters. The summed E-state index contributed by atoms with van der Waals surface area (Å²) in [7, 11) is 1.91. The number of allylic oxidation sites excluding steroid dienone is 1. The summed E-state index contributed by atoms with van der Waals surface area (Å²) in [6.07, 6.45) is 5.24. The maximum absolute atomic E-state index is 4.16. The summed E-state index contributed by atoms with van der Waals surface area (Å²) in [4.78, 5) is 4.16. The number of aryl methyl sites for hydroxylation is 1. The van der Waals surface area contributed by atoms with Gasteiger partial charge in [-0.15, -0.1) is 10.2 Å². The fourth-order valence-electron chi connectivity index (χ4n) is 1.34. The molecule has 0 aliphatic carbocycles. The van der Waals surface area contributed by atoms with Crippen molar-refractivity contribution in [3.05, 3.63) is 36.9 Å². The molecule has 0 amide bonds. The first-order chi connectivity index (χ1) is 7.18. The summed E-state index contributed by atoms with van der Waals surface area (Å²) in [5, 5.41) is 7.87. The van der Waals surface area contributed by atoms with E-state index in [4.69, 9.17) is 0 Å². The molecule has 15 heavy (non-hydrogen) atoms. The highest BCUT2D eigenvalue weighted by Gasteiger charge is 2.05. The molecule has 0 aliphatic rings. The van der Waals surface area contributed by atoms with Crippen LogP contribution in [0, 0.1) is 0 Å². The van der Waals surface area contributed by atoms with Crippen molar-refractivity contribution >= 4 is 5.57 Å². The van der Waals surface area contributed by atoms with Crippen LogP contribution in [0.5, 0.6) is 0 Å². The van der Waals surface area contributed by atoms with Crippen molar-refractivity contribution in [2.45, 2.75) is 6.92 Å². The first-order valence-electron chi connectivity index (χ1n) is 4.64. The van der Waals surface area contributed by atoms with E-state index < -0.39 is 0 Å². The molecule has 4 nitrogen and oxygen atoms in total. The first kappa shape index (κ1) is 9.58. The van der Waals surface area contributed by atoms with Crippen molar-refractivity contribution in [2.24, 2.45) is 7.05 Å². The normalized spacial score (nSPS) is 10.3. The Morgan fingerprint density at radius 2 is 2.20 bits per heavy atom. The van der Waals surface area contributed by atoms with Crippen LogP contribution in [0.2, 0.25) is 0 Å². The maximum Gasteiger partial charge on any atom is 0.165 e. The molecule has 0 aromatic carbocycles. The minimum Gasteiger partial charge on any atom is -0.317 e. The zero-order valence-electron chi connectivity index (χ0n) is 8.81. The van der Waals surface area contributed by atoms with Crippen LogP contribution < -0.4 is 0 Å². The second kappa shape index (κ2) is 3.65. The van der Waals surface area contributed by atoms with E-state index in [1.165, 1.54) is 0 Å². The van der Waals surface area contributed by atoms with Crippen LogP contribution in [0.25, 0.3) is 17.0 Å². The third-order valence-electron chi connectivity index (χ3n) is 2.20. The Morgan fingerprint density at radius 3 is 2.80 bits per heavy atom. The Morgan fingerprint density at radius 1 is 1.40 bits per heavy atom. The number of pyridine rings is 1. The molecule has 0 aliphatic heterocycles. The number of nitrogens with zero attached hydrogens (tertiary/aromatic N) is 4. The molecule has 2 rings (SSSR count). The van der Waals surface area contributed by atoms with Crippen LogP contribution in [-0.4, -0.2) is 19.7 Å². The molecule has 0 saturated heterocycles. The van der Waals surface area contributed by atoms with Crippen molar-refractivity contribution < 1.29 is 0 Å². The van der Waals surface area contributed by atoms with Gasteiger partial charge in [-0.25, -0.2) is 0 Å². The Balaban J connectivity index is 2.50. The Bertz CT molecular complexity index is 499. The Labute approximate surface area is 88.3 Å². The number of rotatable bonds is 2. The van der Waals surface area contributed by atoms with Gasteiger partial charge in [0.1, 0.15) is 6.33 Å². The second-order valence-corrected chi connectivity index (χ2v) is 3.51. The maximum atomic E-state index is 4.16. The quantitative estimate of drug-likeness (QED) is 0.743. The van der Waals surface area contributed by atoms with Crippen molar-refractivity contribution in [3.63, 3.8) is 0 Å². The van der Waals surface area contributed by atoms with Gasteiger partial charge in [0.15, 0.2) is 5.82 Å². The molecular weight excluding hydrogens is 188 g/mol. The van der Waals surface area contributed by atoms with Gasteiger partial charge in [0.05, 0.1) is 0 Å². The van der Waals surface area contributed by atoms with E-state index in [-0.39, 0.29) is 0 Å². The van der Waals surface area contributed by atoms with Gasteiger partial charge in [-0.3, -0.25) is 4.98 Å². The molecule has 2 aromatic rings. The molecule has 4 heteroatoms. The molecule has 0 spiro atoms. The van der Waals surface area contributed by atoms with Crippen LogP contribution in [0.4, 0.5) is 0 Å². The lowest BCUT2D eigenvalue weighted by Crippen LogP contribution is -1.93. The van der Waals surface area contributed by atoms with Crippen LogP contribution >= 0.6 is 0 Å². The highest BCUT2D eigenvalue weighted by Crippen LogP contribution is 2.19. The fourth-order valence-corrected chi connectivity index (χ4v) is 1.34. The molecule has 2 heterocycles. The molecule has 0 bridgehead atoms. The van der Waals surface area contributed by atoms with Crippen molar-refractivity contribution in [1.82, 2.24) is 19.7 Å². The van der Waals surface area contributed by atoms with Gasteiger partial charge in [0, 0.05) is 25.0 Å². The van der Waals surface area contributed by atoms with Gasteiger partial charge >= 0.3 is 0 Å². The van der Waals surface area contributed by atoms with E-state index in [9.17, 15) is 0 Å². The fraction of sp³-hybridized carbons (Fsp3) is 0.182. The monoisotopic (exact) mass is 200 g/mol. The molecule has 0 fully saturated rings. The van der Waals surface area contributed by atoms with E-state index in [1.54, 1.807) is 18.7 Å². The van der Waals surface area contributed by atoms with E-state index in [1.807, 2.05) is 24.6 Å². The first-order valence-corrected chi connectivity index (χ1v) is 4.64. The largest absolute Gasteiger partial charge is 0.317 e. The standard InChI is InChI=1S/C11H12N4/c1-8(2)9-4-10(6-12-5-9)11-14-13-7-15(11)3/h4-7H,1H2,2-3H3. The van der Waals surface area contributed by atoms with E-state index in [0.717, 1.165) is 22.5 Å². The van der Waals surface area contributed by atoms with Crippen molar-refractivity contribution in [1.29, 1.82) is 0 Å². The van der Waals surface area contributed by atoms with Gasteiger partial charge in [0.2, 0.25) is 0 Å². The lowest BCUT2D eigenvalue weighted by Gasteiger charge is -2.03. The topological polar surface area (TPSA) is 43.6 Å². The number of aromatic nitrogens is 4. The predicted octanol–water partition coefficient (Wildman–Crippen LogP) is 1.91. The summed E-state index contributed by atoms with van der Waals surface area (Å²) >= 11 is 0. The molecule has 2 aromatic heterocycles. The number of hydrogen-bond donors (Lipinski definition) is 0. The summed E-state index contributed by atoms with van der Waals surface area (Å²) < 4.78 is 1.86. The summed E-state index contributed by atoms with van der Waals surface area (Å²) in [6.45, 7) is 5.84. The number of hydrogen-bond acceptors (Lipinski definition) is 3. The zero-order chi connectivity index (χ0) is 10.8. The minimum absolute atomic E-state index is 0.811. The Kier molecular flexibility index (Phi) is 2.33. The van der Waals surface area contributed by atoms with Gasteiger partial charge in [-0.2, -0.15) is 0 Å². The van der Waals surface area contributed by atoms with Gasteiger partial charge < -0.3 is 4.57 Å². The average molecular weight is 200 g/mol. The van der Waals surface area contributed by atoms with Crippen LogP contribution in [0.15, 0.2) is 31.4 Å². The average Bonchev–Trinajstić information content (AvgIpc) is 2.64. The summed E-state index contributed by atoms with van der Waals surface area (Å²) in [5.41, 5.74) is 2.97. The lowest BCUT2D eigenvalue weighted by atomic mass is 10.1. The van der Waals surface area contributed by atoms with Crippen LogP contribution in [0.1, 0.15) is 12.5 Å². The lowest BCUT2D eigenvalue weighted by molar-refractivity contribution is 0.918. The smallest absolute Gasteiger partial charge is 0.165 e. The highest BCUT2D eigenvalue weighted by molar-refractivity contribution is 5.66. The molecule has 0 saturated carbocycles. The van der Waals surface area contributed by atoms with Crippen LogP contribution in [0.3, 0.4) is 0 Å². The highest BCUT2D eigenvalue weighted by atomic mass is 15.2. The summed E-state index contributed by atoms with van der Waals surface area (Å²) in [5.74, 6) is 0.811.